The van der Waals surface area contributed by atoms with Gasteiger partial charge < -0.3 is 9.47 Å². The summed E-state index contributed by atoms with van der Waals surface area (Å²) < 4.78 is 24.0. The monoisotopic (exact) mass is 363 g/mol. The maximum atomic E-state index is 13.1. The Hall–Kier alpha value is -2.39. The van der Waals surface area contributed by atoms with Crippen LogP contribution in [0.4, 0.5) is 4.39 Å². The Kier molecular flexibility index (Phi) is 5.12. The van der Waals surface area contributed by atoms with E-state index in [4.69, 9.17) is 14.7 Å². The SMILES string of the molecule is CCOc1cc(C#N)ccc1OC(=O)c1ccc(F)cc1Br. The zero-order chi connectivity index (χ0) is 16.1. The maximum absolute atomic E-state index is 13.1. The van der Waals surface area contributed by atoms with Gasteiger partial charge in [0.1, 0.15) is 5.82 Å². The third-order valence-corrected chi connectivity index (χ3v) is 3.38. The van der Waals surface area contributed by atoms with Crippen LogP contribution in [-0.4, -0.2) is 12.6 Å². The molecule has 2 aromatic rings. The lowest BCUT2D eigenvalue weighted by Gasteiger charge is -2.11. The van der Waals surface area contributed by atoms with E-state index in [9.17, 15) is 9.18 Å². The molecule has 0 atom stereocenters. The summed E-state index contributed by atoms with van der Waals surface area (Å²) in [7, 11) is 0. The van der Waals surface area contributed by atoms with E-state index in [-0.39, 0.29) is 11.3 Å². The van der Waals surface area contributed by atoms with Gasteiger partial charge in [-0.3, -0.25) is 0 Å². The number of nitrogens with zero attached hydrogens (tertiary/aromatic N) is 1. The molecule has 0 amide bonds. The highest BCUT2D eigenvalue weighted by Crippen LogP contribution is 2.30. The van der Waals surface area contributed by atoms with Gasteiger partial charge in [-0.15, -0.1) is 0 Å². The second kappa shape index (κ2) is 7.05. The van der Waals surface area contributed by atoms with Crippen molar-refractivity contribution in [3.63, 3.8) is 0 Å². The topological polar surface area (TPSA) is 59.3 Å². The molecule has 0 saturated carbocycles. The lowest BCUT2D eigenvalue weighted by Crippen LogP contribution is -2.10. The minimum Gasteiger partial charge on any atom is -0.490 e. The van der Waals surface area contributed by atoms with Crippen LogP contribution in [0.25, 0.3) is 0 Å². The van der Waals surface area contributed by atoms with Crippen molar-refractivity contribution in [3.05, 3.63) is 57.8 Å². The molecule has 0 unspecified atom stereocenters. The number of carbonyl (C=O) groups excluding carboxylic acids is 1. The van der Waals surface area contributed by atoms with E-state index < -0.39 is 11.8 Å². The smallest absolute Gasteiger partial charge is 0.344 e. The van der Waals surface area contributed by atoms with Crippen LogP contribution in [0.3, 0.4) is 0 Å². The Labute approximate surface area is 135 Å². The van der Waals surface area contributed by atoms with E-state index in [0.717, 1.165) is 0 Å². The molecule has 6 heteroatoms. The molecule has 4 nitrogen and oxygen atoms in total. The summed E-state index contributed by atoms with van der Waals surface area (Å²) in [6.07, 6.45) is 0. The molecule has 0 fully saturated rings. The van der Waals surface area contributed by atoms with Crippen molar-refractivity contribution < 1.29 is 18.7 Å². The average Bonchev–Trinajstić information content (AvgIpc) is 2.49. The fourth-order valence-corrected chi connectivity index (χ4v) is 2.25. The number of esters is 1. The number of carbonyl (C=O) groups is 1. The summed E-state index contributed by atoms with van der Waals surface area (Å²) in [4.78, 5) is 12.2. The van der Waals surface area contributed by atoms with Crippen LogP contribution in [0.1, 0.15) is 22.8 Å². The summed E-state index contributed by atoms with van der Waals surface area (Å²) in [5, 5.41) is 8.89. The van der Waals surface area contributed by atoms with Crippen molar-refractivity contribution in [3.8, 4) is 17.6 Å². The second-order valence-electron chi connectivity index (χ2n) is 4.22. The summed E-state index contributed by atoms with van der Waals surface area (Å²) in [6.45, 7) is 2.14. The third-order valence-electron chi connectivity index (χ3n) is 2.73. The Balaban J connectivity index is 2.30. The number of benzene rings is 2. The zero-order valence-electron chi connectivity index (χ0n) is 11.6. The largest absolute Gasteiger partial charge is 0.490 e. The predicted octanol–water partition coefficient (Wildman–Crippen LogP) is 4.08. The summed E-state index contributed by atoms with van der Waals surface area (Å²) >= 11 is 3.12. The first-order valence-corrected chi connectivity index (χ1v) is 7.18. The minimum atomic E-state index is -0.655. The first-order chi connectivity index (χ1) is 10.5. The number of hydrogen-bond acceptors (Lipinski definition) is 4. The van der Waals surface area contributed by atoms with Gasteiger partial charge in [-0.25, -0.2) is 9.18 Å². The van der Waals surface area contributed by atoms with Gasteiger partial charge in [0.2, 0.25) is 0 Å². The number of nitriles is 1. The van der Waals surface area contributed by atoms with E-state index in [1.54, 1.807) is 6.92 Å². The van der Waals surface area contributed by atoms with E-state index in [0.29, 0.717) is 22.4 Å². The number of hydrogen-bond donors (Lipinski definition) is 0. The fourth-order valence-electron chi connectivity index (χ4n) is 1.74. The maximum Gasteiger partial charge on any atom is 0.344 e. The van der Waals surface area contributed by atoms with Gasteiger partial charge in [0, 0.05) is 10.5 Å². The van der Waals surface area contributed by atoms with Crippen LogP contribution < -0.4 is 9.47 Å². The highest BCUT2D eigenvalue weighted by molar-refractivity contribution is 9.10. The van der Waals surface area contributed by atoms with Gasteiger partial charge in [-0.2, -0.15) is 5.26 Å². The Morgan fingerprint density at radius 3 is 2.68 bits per heavy atom. The molecule has 0 aromatic heterocycles. The van der Waals surface area contributed by atoms with Crippen LogP contribution >= 0.6 is 15.9 Å². The molecule has 0 aliphatic carbocycles. The molecule has 0 N–H and O–H groups in total. The molecule has 0 aliphatic heterocycles. The molecule has 2 aromatic carbocycles. The number of ether oxygens (including phenoxy) is 2. The van der Waals surface area contributed by atoms with E-state index in [1.165, 1.54) is 36.4 Å². The van der Waals surface area contributed by atoms with Gasteiger partial charge in [0.25, 0.3) is 0 Å². The van der Waals surface area contributed by atoms with Crippen molar-refractivity contribution in [2.75, 3.05) is 6.61 Å². The summed E-state index contributed by atoms with van der Waals surface area (Å²) in [6, 6.07) is 10.2. The van der Waals surface area contributed by atoms with Crippen molar-refractivity contribution >= 4 is 21.9 Å². The second-order valence-corrected chi connectivity index (χ2v) is 5.07. The molecule has 0 radical (unpaired) electrons. The van der Waals surface area contributed by atoms with E-state index >= 15 is 0 Å². The number of halogens is 2. The van der Waals surface area contributed by atoms with Gasteiger partial charge in [-0.1, -0.05) is 0 Å². The molecule has 0 bridgehead atoms. The molecule has 22 heavy (non-hydrogen) atoms. The molecule has 0 aliphatic rings. The molecular formula is C16H11BrFNO3. The average molecular weight is 364 g/mol. The predicted molar refractivity (Wildman–Crippen MR) is 81.4 cm³/mol. The highest BCUT2D eigenvalue weighted by atomic mass is 79.9. The van der Waals surface area contributed by atoms with Crippen molar-refractivity contribution in [2.24, 2.45) is 0 Å². The lowest BCUT2D eigenvalue weighted by molar-refractivity contribution is 0.0727. The Bertz CT molecular complexity index is 756. The molecular weight excluding hydrogens is 353 g/mol. The van der Waals surface area contributed by atoms with Crippen molar-refractivity contribution in [1.29, 1.82) is 5.26 Å². The van der Waals surface area contributed by atoms with Gasteiger partial charge >= 0.3 is 5.97 Å². The van der Waals surface area contributed by atoms with E-state index in [2.05, 4.69) is 15.9 Å². The van der Waals surface area contributed by atoms with Crippen molar-refractivity contribution in [1.82, 2.24) is 0 Å². The molecule has 0 heterocycles. The minimum absolute atomic E-state index is 0.188. The molecule has 0 spiro atoms. The van der Waals surface area contributed by atoms with Crippen molar-refractivity contribution in [2.45, 2.75) is 6.92 Å². The first kappa shape index (κ1) is 16.0. The van der Waals surface area contributed by atoms with Gasteiger partial charge in [-0.05, 0) is 53.2 Å². The summed E-state index contributed by atoms with van der Waals surface area (Å²) in [5.74, 6) is -0.621. The highest BCUT2D eigenvalue weighted by Gasteiger charge is 2.16. The Morgan fingerprint density at radius 2 is 2.05 bits per heavy atom. The third kappa shape index (κ3) is 3.62. The van der Waals surface area contributed by atoms with Crippen LogP contribution in [0.15, 0.2) is 40.9 Å². The van der Waals surface area contributed by atoms with Crippen LogP contribution in [0.5, 0.6) is 11.5 Å². The first-order valence-electron chi connectivity index (χ1n) is 6.39. The van der Waals surface area contributed by atoms with Crippen LogP contribution in [0, 0.1) is 17.1 Å². The quantitative estimate of drug-likeness (QED) is 0.606. The zero-order valence-corrected chi connectivity index (χ0v) is 13.2. The lowest BCUT2D eigenvalue weighted by atomic mass is 10.2. The van der Waals surface area contributed by atoms with E-state index in [1.807, 2.05) is 6.07 Å². The van der Waals surface area contributed by atoms with Crippen LogP contribution in [0.2, 0.25) is 0 Å². The summed E-state index contributed by atoms with van der Waals surface area (Å²) in [5.41, 5.74) is 0.583. The Morgan fingerprint density at radius 1 is 1.27 bits per heavy atom. The molecule has 2 rings (SSSR count). The fraction of sp³-hybridized carbons (Fsp3) is 0.125. The normalized spacial score (nSPS) is 9.91. The van der Waals surface area contributed by atoms with Crippen LogP contribution in [-0.2, 0) is 0 Å². The van der Waals surface area contributed by atoms with Gasteiger partial charge in [0.05, 0.1) is 23.8 Å². The molecule has 112 valence electrons. The number of rotatable bonds is 4. The standard InChI is InChI=1S/C16H11BrFNO3/c1-2-21-15-7-10(9-19)3-6-14(15)22-16(20)12-5-4-11(18)8-13(12)17/h3-8H,2H2,1H3. The molecule has 0 saturated heterocycles. The van der Waals surface area contributed by atoms with Gasteiger partial charge in [0.15, 0.2) is 11.5 Å².